The summed E-state index contributed by atoms with van der Waals surface area (Å²) in [4.78, 5) is 15.3. The summed E-state index contributed by atoms with van der Waals surface area (Å²) in [6, 6.07) is 1.84. The average molecular weight is 259 g/mol. The number of anilines is 2. The molecule has 2 aromatic rings. The maximum atomic E-state index is 4.47. The van der Waals surface area contributed by atoms with Crippen LogP contribution in [0.2, 0.25) is 0 Å². The third kappa shape index (κ3) is 2.64. The van der Waals surface area contributed by atoms with Crippen molar-refractivity contribution in [3.8, 4) is 5.95 Å². The summed E-state index contributed by atoms with van der Waals surface area (Å²) in [6.45, 7) is 0.992. The van der Waals surface area contributed by atoms with Gasteiger partial charge in [0.05, 0.1) is 0 Å². The molecule has 0 saturated heterocycles. The lowest BCUT2D eigenvalue weighted by atomic mass is 10.4. The third-order valence-corrected chi connectivity index (χ3v) is 3.12. The molecule has 1 saturated carbocycles. The number of nitrogens with one attached hydrogen (secondary N) is 1. The number of hydrogen-bond acceptors (Lipinski definition) is 6. The molecule has 0 amide bonds. The van der Waals surface area contributed by atoms with E-state index in [0.717, 1.165) is 12.5 Å². The van der Waals surface area contributed by atoms with Crippen LogP contribution in [-0.4, -0.2) is 45.4 Å². The van der Waals surface area contributed by atoms with Gasteiger partial charge in [-0.2, -0.15) is 20.1 Å². The van der Waals surface area contributed by atoms with Crippen LogP contribution in [0, 0.1) is 5.92 Å². The quantitative estimate of drug-likeness (QED) is 0.861. The molecule has 2 aromatic heterocycles. The molecule has 1 aliphatic rings. The summed E-state index contributed by atoms with van der Waals surface area (Å²) in [5, 5.41) is 7.12. The number of rotatable bonds is 5. The first-order chi connectivity index (χ1) is 9.26. The molecule has 1 aliphatic carbocycles. The van der Waals surface area contributed by atoms with Gasteiger partial charge in [-0.15, -0.1) is 0 Å². The van der Waals surface area contributed by atoms with Gasteiger partial charge in [-0.05, 0) is 24.8 Å². The molecule has 7 heteroatoms. The molecule has 0 radical (unpaired) electrons. The van der Waals surface area contributed by atoms with Gasteiger partial charge < -0.3 is 10.2 Å². The van der Waals surface area contributed by atoms with Crippen molar-refractivity contribution in [3.05, 3.63) is 18.5 Å². The molecule has 0 unspecified atom stereocenters. The van der Waals surface area contributed by atoms with Crippen LogP contribution in [-0.2, 0) is 0 Å². The monoisotopic (exact) mass is 259 g/mol. The molecule has 0 bridgehead atoms. The summed E-state index contributed by atoms with van der Waals surface area (Å²) >= 11 is 0. The topological polar surface area (TPSA) is 71.8 Å². The maximum absolute atomic E-state index is 4.47. The molecule has 0 aliphatic heterocycles. The van der Waals surface area contributed by atoms with Crippen molar-refractivity contribution in [2.24, 2.45) is 5.92 Å². The van der Waals surface area contributed by atoms with Crippen molar-refractivity contribution in [2.75, 3.05) is 30.9 Å². The van der Waals surface area contributed by atoms with Gasteiger partial charge in [-0.3, -0.25) is 0 Å². The van der Waals surface area contributed by atoms with E-state index in [-0.39, 0.29) is 0 Å². The van der Waals surface area contributed by atoms with E-state index in [0.29, 0.717) is 17.8 Å². The first kappa shape index (κ1) is 11.9. The van der Waals surface area contributed by atoms with Crippen LogP contribution in [0.5, 0.6) is 0 Å². The van der Waals surface area contributed by atoms with Crippen LogP contribution in [0.1, 0.15) is 12.8 Å². The normalized spacial score (nSPS) is 14.4. The Kier molecular flexibility index (Phi) is 3.02. The minimum Gasteiger partial charge on any atom is -0.357 e. The molecule has 1 N–H and O–H groups in total. The first-order valence-electron chi connectivity index (χ1n) is 6.41. The Hall–Kier alpha value is -2.18. The molecule has 7 nitrogen and oxygen atoms in total. The summed E-state index contributed by atoms with van der Waals surface area (Å²) in [5.41, 5.74) is 0. The summed E-state index contributed by atoms with van der Waals surface area (Å²) in [7, 11) is 3.81. The van der Waals surface area contributed by atoms with Crippen molar-refractivity contribution in [3.63, 3.8) is 0 Å². The highest BCUT2D eigenvalue weighted by molar-refractivity contribution is 5.39. The minimum atomic E-state index is 0.530. The van der Waals surface area contributed by atoms with E-state index in [9.17, 15) is 0 Å². The Balaban J connectivity index is 1.92. The van der Waals surface area contributed by atoms with E-state index in [4.69, 9.17) is 0 Å². The zero-order valence-corrected chi connectivity index (χ0v) is 11.1. The third-order valence-electron chi connectivity index (χ3n) is 3.12. The molecule has 3 rings (SSSR count). The van der Waals surface area contributed by atoms with E-state index in [1.165, 1.54) is 12.8 Å². The van der Waals surface area contributed by atoms with Crippen molar-refractivity contribution in [2.45, 2.75) is 12.8 Å². The molecule has 2 heterocycles. The lowest BCUT2D eigenvalue weighted by molar-refractivity contribution is 0.741. The van der Waals surface area contributed by atoms with Gasteiger partial charge in [-0.25, -0.2) is 4.68 Å². The Bertz CT molecular complexity index is 547. The summed E-state index contributed by atoms with van der Waals surface area (Å²) < 4.78 is 1.64. The Morgan fingerprint density at radius 2 is 2.21 bits per heavy atom. The van der Waals surface area contributed by atoms with E-state index < -0.39 is 0 Å². The van der Waals surface area contributed by atoms with Gasteiger partial charge >= 0.3 is 0 Å². The molecular formula is C12H17N7. The molecule has 0 aromatic carbocycles. The first-order valence-corrected chi connectivity index (χ1v) is 6.41. The fourth-order valence-corrected chi connectivity index (χ4v) is 1.90. The predicted octanol–water partition coefficient (Wildman–Crippen LogP) is 0.945. The van der Waals surface area contributed by atoms with Crippen LogP contribution >= 0.6 is 0 Å². The Morgan fingerprint density at radius 3 is 2.84 bits per heavy atom. The summed E-state index contributed by atoms with van der Waals surface area (Å²) in [5.74, 6) is 2.55. The van der Waals surface area contributed by atoms with E-state index in [2.05, 4.69) is 30.3 Å². The fraction of sp³-hybridized carbons (Fsp3) is 0.500. The predicted molar refractivity (Wildman–Crippen MR) is 72.5 cm³/mol. The summed E-state index contributed by atoms with van der Waals surface area (Å²) in [6.07, 6.45) is 6.14. The molecule has 0 atom stereocenters. The van der Waals surface area contributed by atoms with E-state index in [1.807, 2.05) is 19.3 Å². The van der Waals surface area contributed by atoms with E-state index >= 15 is 0 Å². The van der Waals surface area contributed by atoms with Crippen LogP contribution in [0.4, 0.5) is 11.9 Å². The Morgan fingerprint density at radius 1 is 1.37 bits per heavy atom. The van der Waals surface area contributed by atoms with Crippen LogP contribution in [0.3, 0.4) is 0 Å². The molecule has 100 valence electrons. The smallest absolute Gasteiger partial charge is 0.257 e. The van der Waals surface area contributed by atoms with Crippen molar-refractivity contribution >= 4 is 11.9 Å². The second-order valence-electron chi connectivity index (χ2n) is 4.78. The lowest BCUT2D eigenvalue weighted by Gasteiger charge is -2.17. The number of aromatic nitrogens is 5. The molecule has 1 fully saturated rings. The molecule has 19 heavy (non-hydrogen) atoms. The Labute approximate surface area is 111 Å². The largest absolute Gasteiger partial charge is 0.357 e. The van der Waals surface area contributed by atoms with E-state index in [1.54, 1.807) is 17.9 Å². The highest BCUT2D eigenvalue weighted by Gasteiger charge is 2.24. The SMILES string of the molecule is CNc1nc(N(C)CC2CC2)nc(-n2cccn2)n1. The van der Waals surface area contributed by atoms with Crippen molar-refractivity contribution < 1.29 is 0 Å². The second-order valence-corrected chi connectivity index (χ2v) is 4.78. The molecule has 0 spiro atoms. The van der Waals surface area contributed by atoms with Crippen molar-refractivity contribution in [1.29, 1.82) is 0 Å². The van der Waals surface area contributed by atoms with Gasteiger partial charge in [0.2, 0.25) is 11.9 Å². The van der Waals surface area contributed by atoms with Gasteiger partial charge in [0.1, 0.15) is 0 Å². The van der Waals surface area contributed by atoms with Gasteiger partial charge in [0.15, 0.2) is 0 Å². The second kappa shape index (κ2) is 4.83. The standard InChI is InChI=1S/C12H17N7/c1-13-10-15-11(18(2)8-9-4-5-9)17-12(16-10)19-7-3-6-14-19/h3,6-7,9H,4-5,8H2,1-2H3,(H,13,15,16,17). The van der Waals surface area contributed by atoms with Gasteiger partial charge in [0.25, 0.3) is 5.95 Å². The maximum Gasteiger partial charge on any atom is 0.257 e. The fourth-order valence-electron chi connectivity index (χ4n) is 1.90. The van der Waals surface area contributed by atoms with Gasteiger partial charge in [-0.1, -0.05) is 0 Å². The van der Waals surface area contributed by atoms with Gasteiger partial charge in [0, 0.05) is 33.0 Å². The lowest BCUT2D eigenvalue weighted by Crippen LogP contribution is -2.24. The zero-order valence-electron chi connectivity index (χ0n) is 11.1. The number of hydrogen-bond donors (Lipinski definition) is 1. The number of nitrogens with zero attached hydrogens (tertiary/aromatic N) is 6. The molecular weight excluding hydrogens is 242 g/mol. The van der Waals surface area contributed by atoms with Crippen molar-refractivity contribution in [1.82, 2.24) is 24.7 Å². The highest BCUT2D eigenvalue weighted by Crippen LogP contribution is 2.30. The highest BCUT2D eigenvalue weighted by atomic mass is 15.4. The zero-order chi connectivity index (χ0) is 13.2. The van der Waals surface area contributed by atoms with Crippen LogP contribution < -0.4 is 10.2 Å². The van der Waals surface area contributed by atoms with Crippen LogP contribution in [0.15, 0.2) is 18.5 Å². The minimum absolute atomic E-state index is 0.530. The van der Waals surface area contributed by atoms with Crippen LogP contribution in [0.25, 0.3) is 5.95 Å². The average Bonchev–Trinajstić information content (AvgIpc) is 3.08.